The minimum atomic E-state index is -0.219. The van der Waals surface area contributed by atoms with Gasteiger partial charge in [-0.2, -0.15) is 11.8 Å². The quantitative estimate of drug-likeness (QED) is 0.627. The molecule has 0 aliphatic heterocycles. The predicted molar refractivity (Wildman–Crippen MR) is 66.1 cm³/mol. The second kappa shape index (κ2) is 7.99. The summed E-state index contributed by atoms with van der Waals surface area (Å²) in [6, 6.07) is 0. The van der Waals surface area contributed by atoms with Crippen molar-refractivity contribution < 1.29 is 9.90 Å². The molecule has 0 spiro atoms. The number of amides is 1. The molecule has 0 atom stereocenters. The van der Waals surface area contributed by atoms with Crippen molar-refractivity contribution in [2.75, 3.05) is 24.7 Å². The van der Waals surface area contributed by atoms with E-state index in [0.717, 1.165) is 5.75 Å². The minimum Gasteiger partial charge on any atom is -0.396 e. The van der Waals surface area contributed by atoms with Gasteiger partial charge >= 0.3 is 0 Å². The van der Waals surface area contributed by atoms with E-state index in [2.05, 4.69) is 12.2 Å². The van der Waals surface area contributed by atoms with Crippen LogP contribution in [0.1, 0.15) is 33.6 Å². The molecular weight excluding hydrogens is 210 g/mol. The Bertz CT molecular complexity index is 183. The highest BCUT2D eigenvalue weighted by Crippen LogP contribution is 2.11. The zero-order valence-corrected chi connectivity index (χ0v) is 10.8. The molecule has 0 saturated carbocycles. The van der Waals surface area contributed by atoms with E-state index in [1.165, 1.54) is 12.8 Å². The third-order valence-electron chi connectivity index (χ3n) is 2.07. The van der Waals surface area contributed by atoms with Gasteiger partial charge in [0.15, 0.2) is 0 Å². The van der Waals surface area contributed by atoms with Crippen LogP contribution in [0.4, 0.5) is 0 Å². The van der Waals surface area contributed by atoms with Crippen LogP contribution in [0.15, 0.2) is 0 Å². The maximum Gasteiger partial charge on any atom is 0.230 e. The molecule has 3 nitrogen and oxygen atoms in total. The van der Waals surface area contributed by atoms with Crippen molar-refractivity contribution in [3.63, 3.8) is 0 Å². The van der Waals surface area contributed by atoms with Gasteiger partial charge in [-0.05, 0) is 12.2 Å². The Balaban J connectivity index is 3.49. The van der Waals surface area contributed by atoms with Gasteiger partial charge in [-0.1, -0.05) is 27.2 Å². The number of thioether (sulfide) groups is 1. The maximum absolute atomic E-state index is 11.4. The van der Waals surface area contributed by atoms with Gasteiger partial charge in [0.1, 0.15) is 0 Å². The fourth-order valence-electron chi connectivity index (χ4n) is 0.856. The maximum atomic E-state index is 11.4. The molecule has 0 aromatic heterocycles. The van der Waals surface area contributed by atoms with Gasteiger partial charge in [-0.15, -0.1) is 0 Å². The standard InChI is InChI=1S/C11H23NO2S/c1-4-5-6-15-7-10(14)12-8-11(2,3)9-13/h13H,4-9H2,1-3H3,(H,12,14). The van der Waals surface area contributed by atoms with Crippen LogP contribution in [0.25, 0.3) is 0 Å². The van der Waals surface area contributed by atoms with Crippen molar-refractivity contribution in [2.45, 2.75) is 33.6 Å². The molecule has 0 radical (unpaired) electrons. The first kappa shape index (κ1) is 14.8. The average molecular weight is 233 g/mol. The van der Waals surface area contributed by atoms with Gasteiger partial charge in [0.05, 0.1) is 5.75 Å². The molecule has 0 heterocycles. The molecular formula is C11H23NO2S. The van der Waals surface area contributed by atoms with E-state index < -0.39 is 0 Å². The third kappa shape index (κ3) is 8.75. The largest absolute Gasteiger partial charge is 0.396 e. The molecule has 4 heteroatoms. The van der Waals surface area contributed by atoms with Crippen LogP contribution >= 0.6 is 11.8 Å². The van der Waals surface area contributed by atoms with Crippen molar-refractivity contribution in [2.24, 2.45) is 5.41 Å². The number of rotatable bonds is 8. The van der Waals surface area contributed by atoms with Crippen molar-refractivity contribution in [3.8, 4) is 0 Å². The van der Waals surface area contributed by atoms with E-state index in [0.29, 0.717) is 12.3 Å². The number of hydrogen-bond donors (Lipinski definition) is 2. The summed E-state index contributed by atoms with van der Waals surface area (Å²) in [4.78, 5) is 11.4. The Hall–Kier alpha value is -0.220. The number of aliphatic hydroxyl groups is 1. The summed E-state index contributed by atoms with van der Waals surface area (Å²) in [6.07, 6.45) is 2.34. The first-order valence-electron chi connectivity index (χ1n) is 5.47. The topological polar surface area (TPSA) is 49.3 Å². The number of unbranched alkanes of at least 4 members (excludes halogenated alkanes) is 1. The molecule has 0 aliphatic rings. The lowest BCUT2D eigenvalue weighted by molar-refractivity contribution is -0.119. The molecule has 1 amide bonds. The lowest BCUT2D eigenvalue weighted by Gasteiger charge is -2.21. The highest BCUT2D eigenvalue weighted by Gasteiger charge is 2.17. The third-order valence-corrected chi connectivity index (χ3v) is 3.11. The summed E-state index contributed by atoms with van der Waals surface area (Å²) in [5.41, 5.74) is -0.219. The molecule has 0 saturated heterocycles. The summed E-state index contributed by atoms with van der Waals surface area (Å²) < 4.78 is 0. The summed E-state index contributed by atoms with van der Waals surface area (Å²) >= 11 is 1.67. The predicted octanol–water partition coefficient (Wildman–Crippen LogP) is 1.65. The summed E-state index contributed by atoms with van der Waals surface area (Å²) in [7, 11) is 0. The molecule has 0 aromatic rings. The van der Waals surface area contributed by atoms with Crippen molar-refractivity contribution in [3.05, 3.63) is 0 Å². The van der Waals surface area contributed by atoms with E-state index >= 15 is 0 Å². The van der Waals surface area contributed by atoms with Gasteiger partial charge < -0.3 is 10.4 Å². The Morgan fingerprint density at radius 3 is 2.67 bits per heavy atom. The van der Waals surface area contributed by atoms with Crippen LogP contribution in [-0.4, -0.2) is 35.7 Å². The molecule has 0 aliphatic carbocycles. The van der Waals surface area contributed by atoms with Crippen LogP contribution in [0.5, 0.6) is 0 Å². The normalized spacial score (nSPS) is 11.5. The van der Waals surface area contributed by atoms with Gasteiger partial charge in [-0.3, -0.25) is 4.79 Å². The zero-order valence-electron chi connectivity index (χ0n) is 10.0. The van der Waals surface area contributed by atoms with Crippen LogP contribution in [0.2, 0.25) is 0 Å². The van der Waals surface area contributed by atoms with E-state index in [1.807, 2.05) is 13.8 Å². The van der Waals surface area contributed by atoms with Crippen LogP contribution in [0.3, 0.4) is 0 Å². The van der Waals surface area contributed by atoms with Crippen molar-refractivity contribution in [1.29, 1.82) is 0 Å². The highest BCUT2D eigenvalue weighted by atomic mass is 32.2. The number of carbonyl (C=O) groups is 1. The first-order valence-corrected chi connectivity index (χ1v) is 6.62. The Labute approximate surface area is 97.0 Å². The monoisotopic (exact) mass is 233 g/mol. The van der Waals surface area contributed by atoms with E-state index in [1.54, 1.807) is 11.8 Å². The Kier molecular flexibility index (Phi) is 7.88. The van der Waals surface area contributed by atoms with Crippen LogP contribution in [0, 0.1) is 5.41 Å². The minimum absolute atomic E-state index is 0.0672. The SMILES string of the molecule is CCCCSCC(=O)NCC(C)(C)CO. The molecule has 2 N–H and O–H groups in total. The molecule has 0 rings (SSSR count). The van der Waals surface area contributed by atoms with E-state index in [4.69, 9.17) is 5.11 Å². The number of nitrogens with one attached hydrogen (secondary N) is 1. The molecule has 0 bridgehead atoms. The van der Waals surface area contributed by atoms with Crippen LogP contribution < -0.4 is 5.32 Å². The molecule has 90 valence electrons. The lowest BCUT2D eigenvalue weighted by Crippen LogP contribution is -2.36. The summed E-state index contributed by atoms with van der Waals surface area (Å²) in [5.74, 6) is 1.65. The number of hydrogen-bond acceptors (Lipinski definition) is 3. The fourth-order valence-corrected chi connectivity index (χ4v) is 1.78. The highest BCUT2D eigenvalue weighted by molar-refractivity contribution is 7.99. The second-order valence-electron chi connectivity index (χ2n) is 4.51. The zero-order chi connectivity index (χ0) is 11.7. The van der Waals surface area contributed by atoms with Gasteiger partial charge in [0.2, 0.25) is 5.91 Å². The van der Waals surface area contributed by atoms with Gasteiger partial charge in [0.25, 0.3) is 0 Å². The van der Waals surface area contributed by atoms with E-state index in [9.17, 15) is 4.79 Å². The smallest absolute Gasteiger partial charge is 0.230 e. The number of carbonyl (C=O) groups excluding carboxylic acids is 1. The summed E-state index contributed by atoms with van der Waals surface area (Å²) in [5, 5.41) is 11.8. The molecule has 15 heavy (non-hydrogen) atoms. The first-order chi connectivity index (χ1) is 7.02. The fraction of sp³-hybridized carbons (Fsp3) is 0.909. The van der Waals surface area contributed by atoms with Crippen molar-refractivity contribution in [1.82, 2.24) is 5.32 Å². The van der Waals surface area contributed by atoms with Crippen molar-refractivity contribution >= 4 is 17.7 Å². The lowest BCUT2D eigenvalue weighted by atomic mass is 9.95. The van der Waals surface area contributed by atoms with Crippen LogP contribution in [-0.2, 0) is 4.79 Å². The number of aliphatic hydroxyl groups excluding tert-OH is 1. The van der Waals surface area contributed by atoms with E-state index in [-0.39, 0.29) is 17.9 Å². The average Bonchev–Trinajstić information content (AvgIpc) is 2.22. The van der Waals surface area contributed by atoms with Gasteiger partial charge in [0, 0.05) is 18.6 Å². The molecule has 0 fully saturated rings. The summed E-state index contributed by atoms with van der Waals surface area (Å²) in [6.45, 7) is 6.63. The molecule has 0 unspecified atom stereocenters. The van der Waals surface area contributed by atoms with Gasteiger partial charge in [-0.25, -0.2) is 0 Å². The molecule has 0 aromatic carbocycles. The second-order valence-corrected chi connectivity index (χ2v) is 5.61. The Morgan fingerprint density at radius 1 is 1.47 bits per heavy atom. The Morgan fingerprint density at radius 2 is 2.13 bits per heavy atom.